The van der Waals surface area contributed by atoms with Crippen LogP contribution in [0.5, 0.6) is 0 Å². The molecule has 0 heteroatoms. The smallest absolute Gasteiger partial charge is 0.0241 e. The number of unbranched alkanes of at least 4 members (excludes halogenated alkanes) is 14. The van der Waals surface area contributed by atoms with Crippen LogP contribution >= 0.6 is 0 Å². The van der Waals surface area contributed by atoms with Crippen molar-refractivity contribution >= 4 is 0 Å². The van der Waals surface area contributed by atoms with Gasteiger partial charge in [-0.25, -0.2) is 0 Å². The lowest BCUT2D eigenvalue weighted by Crippen LogP contribution is -2.40. The summed E-state index contributed by atoms with van der Waals surface area (Å²) in [5.74, 6) is 2.65. The highest BCUT2D eigenvalue weighted by Gasteiger charge is 2.44. The third kappa shape index (κ3) is 18.4. The zero-order chi connectivity index (χ0) is 28.7. The lowest BCUT2D eigenvalue weighted by atomic mass is 9.55. The van der Waals surface area contributed by atoms with E-state index in [1.165, 1.54) is 154 Å². The number of hydrogen-bond acceptors (Lipinski definition) is 0. The van der Waals surface area contributed by atoms with Gasteiger partial charge in [-0.15, -0.1) is 0 Å². The van der Waals surface area contributed by atoms with Gasteiger partial charge in [0.2, 0.25) is 0 Å². The quantitative estimate of drug-likeness (QED) is 0.0919. The van der Waals surface area contributed by atoms with E-state index in [1.807, 2.05) is 0 Å². The Morgan fingerprint density at radius 1 is 0.447 bits per heavy atom. The summed E-state index contributed by atoms with van der Waals surface area (Å²) in [5.41, 5.74) is 0.993. The molecule has 0 bridgehead atoms. The fourth-order valence-electron chi connectivity index (χ4n) is 7.50. The summed E-state index contributed by atoms with van der Waals surface area (Å²) >= 11 is 0. The van der Waals surface area contributed by atoms with Crippen molar-refractivity contribution < 1.29 is 0 Å². The summed E-state index contributed by atoms with van der Waals surface area (Å²) in [5, 5.41) is 0. The van der Waals surface area contributed by atoms with Crippen LogP contribution in [0.4, 0.5) is 0 Å². The Bertz CT molecular complexity index is 483. The maximum atomic E-state index is 2.56. The Balaban J connectivity index is 5.85. The van der Waals surface area contributed by atoms with E-state index in [-0.39, 0.29) is 0 Å². The highest BCUT2D eigenvalue weighted by Crippen LogP contribution is 2.54. The third-order valence-corrected chi connectivity index (χ3v) is 9.72. The molecule has 0 aromatic heterocycles. The molecule has 0 saturated carbocycles. The van der Waals surface area contributed by atoms with Gasteiger partial charge in [0.05, 0.1) is 0 Å². The lowest BCUT2D eigenvalue weighted by molar-refractivity contribution is 0.00171. The molecule has 0 spiro atoms. The van der Waals surface area contributed by atoms with Crippen molar-refractivity contribution in [2.45, 2.75) is 216 Å². The molecule has 0 fully saturated rings. The Hall–Kier alpha value is 0. The van der Waals surface area contributed by atoms with E-state index < -0.39 is 0 Å². The molecule has 0 aliphatic heterocycles. The van der Waals surface area contributed by atoms with Crippen LogP contribution in [0.25, 0.3) is 0 Å². The first-order chi connectivity index (χ1) is 18.2. The molecule has 0 nitrogen and oxygen atoms in total. The average Bonchev–Trinajstić information content (AvgIpc) is 2.86. The van der Waals surface area contributed by atoms with Crippen molar-refractivity contribution in [1.29, 1.82) is 0 Å². The van der Waals surface area contributed by atoms with Crippen LogP contribution in [0, 0.1) is 28.6 Å². The molecule has 0 aliphatic rings. The second-order valence-corrected chi connectivity index (χ2v) is 15.0. The molecular formula is C38H78. The number of hydrogen-bond donors (Lipinski definition) is 0. The van der Waals surface area contributed by atoms with E-state index in [0.717, 1.165) is 17.8 Å². The normalized spacial score (nSPS) is 15.6. The van der Waals surface area contributed by atoms with E-state index in [0.29, 0.717) is 10.8 Å². The maximum Gasteiger partial charge on any atom is -0.0241 e. The summed E-state index contributed by atoms with van der Waals surface area (Å²) in [6.07, 6.45) is 34.7. The van der Waals surface area contributed by atoms with Gasteiger partial charge < -0.3 is 0 Å². The van der Waals surface area contributed by atoms with Gasteiger partial charge in [0, 0.05) is 0 Å². The van der Waals surface area contributed by atoms with Gasteiger partial charge in [-0.1, -0.05) is 184 Å². The molecule has 0 aromatic carbocycles. The van der Waals surface area contributed by atoms with Gasteiger partial charge in [-0.05, 0) is 60.7 Å². The first-order valence-corrected chi connectivity index (χ1v) is 18.2. The predicted molar refractivity (Wildman–Crippen MR) is 177 cm³/mol. The van der Waals surface area contributed by atoms with E-state index in [1.54, 1.807) is 0 Å². The van der Waals surface area contributed by atoms with Crippen LogP contribution in [0.3, 0.4) is 0 Å². The summed E-state index contributed by atoms with van der Waals surface area (Å²) in [6.45, 7) is 22.1. The van der Waals surface area contributed by atoms with Crippen molar-refractivity contribution in [2.24, 2.45) is 28.6 Å². The van der Waals surface area contributed by atoms with E-state index in [9.17, 15) is 0 Å². The highest BCUT2D eigenvalue weighted by molar-refractivity contribution is 4.94. The Kier molecular flexibility index (Phi) is 23.7. The third-order valence-electron chi connectivity index (χ3n) is 9.72. The molecule has 0 amide bonds. The molecule has 0 heterocycles. The standard InChI is InChI=1S/C38H78/c1-10-14-17-20-21-22-23-25-28-35(13-4)38(31-26-19-16-12-3,32-27-24-18-15-11-2)36(30-29-34(5)6)33-37(7,8)9/h34-36H,10-33H2,1-9H3. The molecular weight excluding hydrogens is 456 g/mol. The molecule has 230 valence electrons. The summed E-state index contributed by atoms with van der Waals surface area (Å²) < 4.78 is 0. The monoisotopic (exact) mass is 535 g/mol. The topological polar surface area (TPSA) is 0 Å². The molecule has 3 atom stereocenters. The zero-order valence-corrected chi connectivity index (χ0v) is 28.7. The molecule has 0 radical (unpaired) electrons. The van der Waals surface area contributed by atoms with Crippen molar-refractivity contribution in [3.63, 3.8) is 0 Å². The van der Waals surface area contributed by atoms with Crippen LogP contribution < -0.4 is 0 Å². The lowest BCUT2D eigenvalue weighted by Gasteiger charge is -2.50. The van der Waals surface area contributed by atoms with Crippen molar-refractivity contribution in [2.75, 3.05) is 0 Å². The fraction of sp³-hybridized carbons (Fsp3) is 1.00. The average molecular weight is 535 g/mol. The molecule has 0 N–H and O–H groups in total. The van der Waals surface area contributed by atoms with Gasteiger partial charge in [0.1, 0.15) is 0 Å². The fourth-order valence-corrected chi connectivity index (χ4v) is 7.50. The molecule has 0 aromatic rings. The first-order valence-electron chi connectivity index (χ1n) is 18.2. The summed E-state index contributed by atoms with van der Waals surface area (Å²) in [7, 11) is 0. The molecule has 38 heavy (non-hydrogen) atoms. The molecule has 0 rings (SSSR count). The minimum Gasteiger partial charge on any atom is -0.0654 e. The van der Waals surface area contributed by atoms with E-state index >= 15 is 0 Å². The van der Waals surface area contributed by atoms with Crippen molar-refractivity contribution in [3.8, 4) is 0 Å². The Morgan fingerprint density at radius 3 is 1.29 bits per heavy atom. The predicted octanol–water partition coefficient (Wildman–Crippen LogP) is 14.3. The van der Waals surface area contributed by atoms with Gasteiger partial charge in [-0.2, -0.15) is 0 Å². The van der Waals surface area contributed by atoms with Crippen LogP contribution in [0.15, 0.2) is 0 Å². The van der Waals surface area contributed by atoms with Gasteiger partial charge in [0.15, 0.2) is 0 Å². The molecule has 0 saturated heterocycles. The largest absolute Gasteiger partial charge is 0.0654 e. The Morgan fingerprint density at radius 2 is 0.868 bits per heavy atom. The van der Waals surface area contributed by atoms with Crippen LogP contribution in [-0.4, -0.2) is 0 Å². The van der Waals surface area contributed by atoms with Gasteiger partial charge >= 0.3 is 0 Å². The van der Waals surface area contributed by atoms with Gasteiger partial charge in [-0.3, -0.25) is 0 Å². The second-order valence-electron chi connectivity index (χ2n) is 15.0. The Labute approximate surface area is 244 Å². The van der Waals surface area contributed by atoms with Crippen LogP contribution in [0.1, 0.15) is 216 Å². The minimum atomic E-state index is 0.426. The summed E-state index contributed by atoms with van der Waals surface area (Å²) in [6, 6.07) is 0. The molecule has 3 unspecified atom stereocenters. The second kappa shape index (κ2) is 23.7. The maximum absolute atomic E-state index is 2.56. The van der Waals surface area contributed by atoms with E-state index in [4.69, 9.17) is 0 Å². The van der Waals surface area contributed by atoms with Crippen LogP contribution in [-0.2, 0) is 0 Å². The van der Waals surface area contributed by atoms with Crippen molar-refractivity contribution in [3.05, 3.63) is 0 Å². The minimum absolute atomic E-state index is 0.426. The SMILES string of the molecule is CCCCCCCCCCC(CC)C(CCCCCC)(CCCCCCC)C(CCC(C)C)CC(C)(C)C. The highest BCUT2D eigenvalue weighted by atomic mass is 14.5. The van der Waals surface area contributed by atoms with E-state index in [2.05, 4.69) is 62.3 Å². The zero-order valence-electron chi connectivity index (χ0n) is 28.7. The summed E-state index contributed by atoms with van der Waals surface area (Å²) in [4.78, 5) is 0. The number of rotatable bonds is 27. The van der Waals surface area contributed by atoms with Gasteiger partial charge in [0.25, 0.3) is 0 Å². The van der Waals surface area contributed by atoms with Crippen LogP contribution in [0.2, 0.25) is 0 Å². The molecule has 0 aliphatic carbocycles. The van der Waals surface area contributed by atoms with Crippen molar-refractivity contribution in [1.82, 2.24) is 0 Å². The first kappa shape index (κ1) is 38.0.